The average Bonchev–Trinajstić information content (AvgIpc) is 2.86. The van der Waals surface area contributed by atoms with Gasteiger partial charge in [-0.25, -0.2) is 4.68 Å². The van der Waals surface area contributed by atoms with E-state index in [4.69, 9.17) is 0 Å². The molecule has 2 N–H and O–H groups in total. The molecule has 2 aliphatic heterocycles. The number of piperidine rings is 1. The number of hydrogen-bond acceptors (Lipinski definition) is 5. The number of hydrogen-bond donors (Lipinski definition) is 2. The highest BCUT2D eigenvalue weighted by molar-refractivity contribution is 5.92. The lowest BCUT2D eigenvalue weighted by molar-refractivity contribution is 0.0900. The van der Waals surface area contributed by atoms with Gasteiger partial charge >= 0.3 is 0 Å². The summed E-state index contributed by atoms with van der Waals surface area (Å²) in [7, 11) is 0. The van der Waals surface area contributed by atoms with Crippen LogP contribution in [0.25, 0.3) is 0 Å². The molecule has 20 heavy (non-hydrogen) atoms. The number of carbonyl (C=O) groups is 1. The highest BCUT2D eigenvalue weighted by Gasteiger charge is 2.24. The summed E-state index contributed by atoms with van der Waals surface area (Å²) in [5, 5.41) is 14.3. The summed E-state index contributed by atoms with van der Waals surface area (Å²) in [6.45, 7) is 7.06. The molecule has 2 fully saturated rings. The Hall–Kier alpha value is -1.47. The molecule has 0 aliphatic carbocycles. The molecule has 0 radical (unpaired) electrons. The maximum Gasteiger partial charge on any atom is 0.273 e. The Labute approximate surface area is 118 Å². The first kappa shape index (κ1) is 13.5. The molecular formula is C13H22N6O. The Balaban J connectivity index is 1.56. The highest BCUT2D eigenvalue weighted by atomic mass is 16.2. The van der Waals surface area contributed by atoms with Gasteiger partial charge in [0, 0.05) is 25.7 Å². The number of carbonyl (C=O) groups excluding carboxylic acids is 1. The lowest BCUT2D eigenvalue weighted by atomic mass is 10.1. The minimum Gasteiger partial charge on any atom is -0.347 e. The smallest absolute Gasteiger partial charge is 0.273 e. The van der Waals surface area contributed by atoms with Gasteiger partial charge < -0.3 is 15.5 Å². The maximum absolute atomic E-state index is 12.2. The van der Waals surface area contributed by atoms with Gasteiger partial charge in [0.2, 0.25) is 0 Å². The zero-order valence-corrected chi connectivity index (χ0v) is 11.9. The third-order valence-electron chi connectivity index (χ3n) is 4.16. The average molecular weight is 278 g/mol. The Bertz CT molecular complexity index is 469. The summed E-state index contributed by atoms with van der Waals surface area (Å²) >= 11 is 0. The lowest BCUT2D eigenvalue weighted by Crippen LogP contribution is -2.47. The second-order valence-corrected chi connectivity index (χ2v) is 5.60. The molecule has 0 saturated carbocycles. The number of rotatable bonds is 4. The molecule has 7 nitrogen and oxygen atoms in total. The van der Waals surface area contributed by atoms with Crippen LogP contribution in [0.4, 0.5) is 0 Å². The molecule has 2 aliphatic rings. The monoisotopic (exact) mass is 278 g/mol. The predicted octanol–water partition coefficient (Wildman–Crippen LogP) is -0.363. The van der Waals surface area contributed by atoms with Gasteiger partial charge in [0.15, 0.2) is 5.69 Å². The van der Waals surface area contributed by atoms with E-state index >= 15 is 0 Å². The van der Waals surface area contributed by atoms with Crippen molar-refractivity contribution in [3.8, 4) is 0 Å². The van der Waals surface area contributed by atoms with E-state index in [-0.39, 0.29) is 11.9 Å². The molecule has 1 amide bonds. The number of aromatic nitrogens is 3. The van der Waals surface area contributed by atoms with Crippen molar-refractivity contribution < 1.29 is 4.79 Å². The van der Waals surface area contributed by atoms with E-state index in [0.717, 1.165) is 45.6 Å². The lowest BCUT2D eigenvalue weighted by Gasteiger charge is -2.32. The van der Waals surface area contributed by atoms with E-state index in [1.165, 1.54) is 0 Å². The van der Waals surface area contributed by atoms with Gasteiger partial charge in [0.1, 0.15) is 0 Å². The van der Waals surface area contributed by atoms with Crippen molar-refractivity contribution in [2.45, 2.75) is 31.8 Å². The van der Waals surface area contributed by atoms with Crippen molar-refractivity contribution in [1.29, 1.82) is 0 Å². The Kier molecular flexibility index (Phi) is 3.98. The molecule has 0 aromatic carbocycles. The Morgan fingerprint density at radius 3 is 3.10 bits per heavy atom. The first-order chi connectivity index (χ1) is 9.76. The molecule has 1 aromatic heterocycles. The second-order valence-electron chi connectivity index (χ2n) is 5.60. The van der Waals surface area contributed by atoms with Crippen LogP contribution in [-0.4, -0.2) is 64.6 Å². The van der Waals surface area contributed by atoms with Crippen LogP contribution in [0.2, 0.25) is 0 Å². The van der Waals surface area contributed by atoms with Crippen LogP contribution in [0, 0.1) is 0 Å². The number of likely N-dealkylation sites (N-methyl/N-ethyl adjacent to an activating group) is 1. The second kappa shape index (κ2) is 5.88. The van der Waals surface area contributed by atoms with Gasteiger partial charge in [-0.3, -0.25) is 4.79 Å². The van der Waals surface area contributed by atoms with E-state index in [1.807, 2.05) is 0 Å². The van der Waals surface area contributed by atoms with E-state index in [2.05, 4.69) is 32.8 Å². The predicted molar refractivity (Wildman–Crippen MR) is 74.5 cm³/mol. The Morgan fingerprint density at radius 1 is 1.55 bits per heavy atom. The summed E-state index contributed by atoms with van der Waals surface area (Å²) < 4.78 is 1.78. The summed E-state index contributed by atoms with van der Waals surface area (Å²) in [5.41, 5.74) is 0.422. The third kappa shape index (κ3) is 2.83. The fourth-order valence-electron chi connectivity index (χ4n) is 2.74. The Morgan fingerprint density at radius 2 is 2.40 bits per heavy atom. The van der Waals surface area contributed by atoms with E-state index < -0.39 is 0 Å². The molecule has 1 aromatic rings. The molecule has 0 bridgehead atoms. The minimum absolute atomic E-state index is 0.105. The molecule has 110 valence electrons. The van der Waals surface area contributed by atoms with Gasteiger partial charge in [0.05, 0.1) is 12.2 Å². The summed E-state index contributed by atoms with van der Waals surface area (Å²) in [4.78, 5) is 14.6. The van der Waals surface area contributed by atoms with Gasteiger partial charge in [-0.1, -0.05) is 12.1 Å². The molecule has 1 atom stereocenters. The van der Waals surface area contributed by atoms with Crippen molar-refractivity contribution in [3.63, 3.8) is 0 Å². The topological polar surface area (TPSA) is 75.1 Å². The molecule has 1 unspecified atom stereocenters. The van der Waals surface area contributed by atoms with E-state index in [9.17, 15) is 4.79 Å². The SMILES string of the molecule is CCN1CCCC(NC(=O)c2cn(C3CNC3)nn2)C1. The van der Waals surface area contributed by atoms with Crippen LogP contribution >= 0.6 is 0 Å². The maximum atomic E-state index is 12.2. The number of nitrogens with zero attached hydrogens (tertiary/aromatic N) is 4. The summed E-state index contributed by atoms with van der Waals surface area (Å²) in [6.07, 6.45) is 3.93. The van der Waals surface area contributed by atoms with Gasteiger partial charge in [-0.2, -0.15) is 0 Å². The van der Waals surface area contributed by atoms with Crippen LogP contribution in [-0.2, 0) is 0 Å². The van der Waals surface area contributed by atoms with Crippen molar-refractivity contribution >= 4 is 5.91 Å². The van der Waals surface area contributed by atoms with Crippen LogP contribution in [0.5, 0.6) is 0 Å². The van der Waals surface area contributed by atoms with E-state index in [0.29, 0.717) is 11.7 Å². The summed E-state index contributed by atoms with van der Waals surface area (Å²) in [6, 6.07) is 0.570. The van der Waals surface area contributed by atoms with Gasteiger partial charge in [0.25, 0.3) is 5.91 Å². The van der Waals surface area contributed by atoms with Crippen molar-refractivity contribution in [3.05, 3.63) is 11.9 Å². The minimum atomic E-state index is -0.105. The molecule has 3 heterocycles. The first-order valence-corrected chi connectivity index (χ1v) is 7.42. The fourth-order valence-corrected chi connectivity index (χ4v) is 2.74. The van der Waals surface area contributed by atoms with Crippen LogP contribution in [0.1, 0.15) is 36.3 Å². The summed E-state index contributed by atoms with van der Waals surface area (Å²) in [5.74, 6) is -0.105. The van der Waals surface area contributed by atoms with Crippen LogP contribution < -0.4 is 10.6 Å². The highest BCUT2D eigenvalue weighted by Crippen LogP contribution is 2.12. The van der Waals surface area contributed by atoms with Crippen molar-refractivity contribution in [2.24, 2.45) is 0 Å². The number of likely N-dealkylation sites (tertiary alicyclic amines) is 1. The number of amides is 1. The molecule has 0 spiro atoms. The third-order valence-corrected chi connectivity index (χ3v) is 4.16. The first-order valence-electron chi connectivity index (χ1n) is 7.42. The molecule has 2 saturated heterocycles. The van der Waals surface area contributed by atoms with E-state index in [1.54, 1.807) is 10.9 Å². The van der Waals surface area contributed by atoms with Crippen LogP contribution in [0.15, 0.2) is 6.20 Å². The quantitative estimate of drug-likeness (QED) is 0.786. The van der Waals surface area contributed by atoms with Gasteiger partial charge in [-0.15, -0.1) is 5.10 Å². The number of nitrogens with one attached hydrogen (secondary N) is 2. The normalized spacial score (nSPS) is 24.4. The standard InChI is InChI=1S/C13H22N6O/c1-2-18-5-3-4-10(8-18)15-13(20)12-9-19(17-16-12)11-6-14-7-11/h9-11,14H,2-8H2,1H3,(H,15,20). The molecule has 7 heteroatoms. The zero-order valence-electron chi connectivity index (χ0n) is 11.9. The molecule has 3 rings (SSSR count). The van der Waals surface area contributed by atoms with Crippen molar-refractivity contribution in [2.75, 3.05) is 32.7 Å². The van der Waals surface area contributed by atoms with Crippen LogP contribution in [0.3, 0.4) is 0 Å². The van der Waals surface area contributed by atoms with Crippen molar-refractivity contribution in [1.82, 2.24) is 30.5 Å². The fraction of sp³-hybridized carbons (Fsp3) is 0.769. The molecular weight excluding hydrogens is 256 g/mol. The zero-order chi connectivity index (χ0) is 13.9. The largest absolute Gasteiger partial charge is 0.347 e. The van der Waals surface area contributed by atoms with Gasteiger partial charge in [-0.05, 0) is 25.9 Å².